The van der Waals surface area contributed by atoms with Gasteiger partial charge in [-0.2, -0.15) is 0 Å². The highest BCUT2D eigenvalue weighted by atomic mass is 32.1. The Morgan fingerprint density at radius 3 is 2.96 bits per heavy atom. The van der Waals surface area contributed by atoms with Gasteiger partial charge in [-0.15, -0.1) is 11.3 Å². The van der Waals surface area contributed by atoms with Crippen LogP contribution >= 0.6 is 11.3 Å². The molecule has 0 spiro atoms. The minimum Gasteiger partial charge on any atom is -0.353 e. The molecular formula is C17H23N5OS. The molecule has 1 aliphatic carbocycles. The van der Waals surface area contributed by atoms with E-state index in [-0.39, 0.29) is 11.8 Å². The molecule has 24 heavy (non-hydrogen) atoms. The quantitative estimate of drug-likeness (QED) is 0.921. The molecule has 4 rings (SSSR count). The monoisotopic (exact) mass is 345 g/mol. The molecule has 7 heteroatoms. The standard InChI is InChI=1S/C17H23N5OS/c1-21-11-19-14-9-22(10-15-18-6-7-24-15)8-13(16(14)21)17(23)20-12-4-2-3-5-12/h6-7,11-13H,2-5,8-10H2,1H3,(H,20,23)/t13-/m1/s1. The van der Waals surface area contributed by atoms with Crippen molar-refractivity contribution < 1.29 is 4.79 Å². The minimum atomic E-state index is -0.151. The zero-order valence-electron chi connectivity index (χ0n) is 13.9. The molecule has 0 aromatic carbocycles. The first-order chi connectivity index (χ1) is 11.7. The summed E-state index contributed by atoms with van der Waals surface area (Å²) in [5, 5.41) is 6.35. The van der Waals surface area contributed by atoms with Gasteiger partial charge >= 0.3 is 0 Å². The summed E-state index contributed by atoms with van der Waals surface area (Å²) in [4.78, 5) is 24.1. The van der Waals surface area contributed by atoms with Gasteiger partial charge in [0.2, 0.25) is 5.91 Å². The summed E-state index contributed by atoms with van der Waals surface area (Å²) < 4.78 is 2.01. The minimum absolute atomic E-state index is 0.149. The van der Waals surface area contributed by atoms with Crippen molar-refractivity contribution in [2.75, 3.05) is 6.54 Å². The molecule has 0 unspecified atom stereocenters. The molecule has 1 saturated carbocycles. The number of rotatable bonds is 4. The second kappa shape index (κ2) is 6.64. The third-order valence-electron chi connectivity index (χ3n) is 5.07. The van der Waals surface area contributed by atoms with Crippen molar-refractivity contribution in [1.82, 2.24) is 24.8 Å². The van der Waals surface area contributed by atoms with E-state index < -0.39 is 0 Å². The Labute approximate surface area is 145 Å². The maximum atomic E-state index is 12.9. The Bertz CT molecular complexity index is 705. The zero-order chi connectivity index (χ0) is 16.5. The van der Waals surface area contributed by atoms with Crippen molar-refractivity contribution in [1.29, 1.82) is 0 Å². The van der Waals surface area contributed by atoms with Gasteiger partial charge in [-0.25, -0.2) is 9.97 Å². The molecule has 2 aromatic rings. The van der Waals surface area contributed by atoms with Crippen LogP contribution in [0.3, 0.4) is 0 Å². The molecule has 0 bridgehead atoms. The number of nitrogens with zero attached hydrogens (tertiary/aromatic N) is 4. The number of thiazole rings is 1. The summed E-state index contributed by atoms with van der Waals surface area (Å²) in [6.45, 7) is 2.29. The Morgan fingerprint density at radius 2 is 2.21 bits per heavy atom. The van der Waals surface area contributed by atoms with Gasteiger partial charge < -0.3 is 9.88 Å². The summed E-state index contributed by atoms with van der Waals surface area (Å²) in [5.41, 5.74) is 2.09. The molecule has 128 valence electrons. The second-order valence-corrected chi connectivity index (χ2v) is 7.80. The van der Waals surface area contributed by atoms with Crippen LogP contribution in [0.4, 0.5) is 0 Å². The molecule has 1 amide bonds. The molecule has 1 atom stereocenters. The highest BCUT2D eigenvalue weighted by Gasteiger charge is 2.35. The Hall–Kier alpha value is -1.73. The van der Waals surface area contributed by atoms with Crippen molar-refractivity contribution in [3.63, 3.8) is 0 Å². The Kier molecular flexibility index (Phi) is 4.37. The maximum Gasteiger partial charge on any atom is 0.230 e. The molecule has 2 aromatic heterocycles. The van der Waals surface area contributed by atoms with E-state index in [1.807, 2.05) is 29.5 Å². The molecule has 2 aliphatic rings. The molecule has 1 aliphatic heterocycles. The van der Waals surface area contributed by atoms with E-state index in [2.05, 4.69) is 20.2 Å². The number of aryl methyl sites for hydroxylation is 1. The third-order valence-corrected chi connectivity index (χ3v) is 5.83. The van der Waals surface area contributed by atoms with Gasteiger partial charge in [0.15, 0.2) is 0 Å². The lowest BCUT2D eigenvalue weighted by Crippen LogP contribution is -2.44. The number of carbonyl (C=O) groups excluding carboxylic acids is 1. The predicted molar refractivity (Wildman–Crippen MR) is 92.6 cm³/mol. The van der Waals surface area contributed by atoms with Crippen LogP contribution in [-0.4, -0.2) is 37.9 Å². The first-order valence-corrected chi connectivity index (χ1v) is 9.50. The van der Waals surface area contributed by atoms with Gasteiger partial charge in [0.1, 0.15) is 5.01 Å². The van der Waals surface area contributed by atoms with E-state index >= 15 is 0 Å². The lowest BCUT2D eigenvalue weighted by molar-refractivity contribution is -0.124. The lowest BCUT2D eigenvalue weighted by Gasteiger charge is -2.32. The number of imidazole rings is 1. The van der Waals surface area contributed by atoms with Gasteiger partial charge in [-0.1, -0.05) is 12.8 Å². The van der Waals surface area contributed by atoms with Crippen LogP contribution in [0.15, 0.2) is 17.9 Å². The van der Waals surface area contributed by atoms with Gasteiger partial charge in [0.25, 0.3) is 0 Å². The van der Waals surface area contributed by atoms with Crippen LogP contribution in [0, 0.1) is 0 Å². The highest BCUT2D eigenvalue weighted by Crippen LogP contribution is 2.29. The van der Waals surface area contributed by atoms with Gasteiger partial charge in [-0.05, 0) is 12.8 Å². The summed E-state index contributed by atoms with van der Waals surface area (Å²) in [7, 11) is 1.98. The second-order valence-electron chi connectivity index (χ2n) is 6.83. The predicted octanol–water partition coefficient (Wildman–Crippen LogP) is 2.03. The van der Waals surface area contributed by atoms with E-state index in [4.69, 9.17) is 0 Å². The van der Waals surface area contributed by atoms with Crippen molar-refractivity contribution >= 4 is 17.2 Å². The molecular weight excluding hydrogens is 322 g/mol. The summed E-state index contributed by atoms with van der Waals surface area (Å²) in [6.07, 6.45) is 8.33. The largest absolute Gasteiger partial charge is 0.353 e. The van der Waals surface area contributed by atoms with Gasteiger partial charge in [-0.3, -0.25) is 9.69 Å². The van der Waals surface area contributed by atoms with Crippen LogP contribution < -0.4 is 5.32 Å². The number of hydrogen-bond acceptors (Lipinski definition) is 5. The molecule has 3 heterocycles. The summed E-state index contributed by atoms with van der Waals surface area (Å²) in [5.74, 6) is -0.00241. The molecule has 6 nitrogen and oxygen atoms in total. The van der Waals surface area contributed by atoms with E-state index in [1.54, 1.807) is 11.3 Å². The van der Waals surface area contributed by atoms with E-state index in [9.17, 15) is 4.79 Å². The number of nitrogens with one attached hydrogen (secondary N) is 1. The third kappa shape index (κ3) is 3.10. The number of aromatic nitrogens is 3. The van der Waals surface area contributed by atoms with Crippen LogP contribution in [0.2, 0.25) is 0 Å². The number of amides is 1. The average Bonchev–Trinajstić information content (AvgIpc) is 3.30. The van der Waals surface area contributed by atoms with Crippen LogP contribution in [0.1, 0.15) is 48.0 Å². The number of carbonyl (C=O) groups is 1. The first-order valence-electron chi connectivity index (χ1n) is 8.62. The SMILES string of the molecule is Cn1cnc2c1[C@H](C(=O)NC1CCCC1)CN(Cc1nccs1)C2. The summed E-state index contributed by atoms with van der Waals surface area (Å²) >= 11 is 1.66. The fraction of sp³-hybridized carbons (Fsp3) is 0.588. The van der Waals surface area contributed by atoms with Crippen LogP contribution in [-0.2, 0) is 24.9 Å². The smallest absolute Gasteiger partial charge is 0.230 e. The summed E-state index contributed by atoms with van der Waals surface area (Å²) in [6, 6.07) is 0.350. The van der Waals surface area contributed by atoms with Gasteiger partial charge in [0, 0.05) is 37.8 Å². The fourth-order valence-electron chi connectivity index (χ4n) is 3.90. The highest BCUT2D eigenvalue weighted by molar-refractivity contribution is 7.09. The van der Waals surface area contributed by atoms with Crippen molar-refractivity contribution in [3.8, 4) is 0 Å². The molecule has 1 N–H and O–H groups in total. The molecule has 0 saturated heterocycles. The average molecular weight is 345 g/mol. The van der Waals surface area contributed by atoms with Crippen LogP contribution in [0.5, 0.6) is 0 Å². The maximum absolute atomic E-state index is 12.9. The van der Waals surface area contributed by atoms with Crippen LogP contribution in [0.25, 0.3) is 0 Å². The molecule has 0 radical (unpaired) electrons. The first kappa shape index (κ1) is 15.8. The fourth-order valence-corrected chi connectivity index (χ4v) is 4.56. The number of fused-ring (bicyclic) bond motifs is 1. The topological polar surface area (TPSA) is 63.1 Å². The van der Waals surface area contributed by atoms with Crippen molar-refractivity contribution in [2.24, 2.45) is 7.05 Å². The van der Waals surface area contributed by atoms with Crippen molar-refractivity contribution in [3.05, 3.63) is 34.3 Å². The van der Waals surface area contributed by atoms with E-state index in [0.29, 0.717) is 6.04 Å². The van der Waals surface area contributed by atoms with E-state index in [1.165, 1.54) is 12.8 Å². The Morgan fingerprint density at radius 1 is 1.38 bits per heavy atom. The lowest BCUT2D eigenvalue weighted by atomic mass is 9.96. The Balaban J connectivity index is 1.54. The van der Waals surface area contributed by atoms with E-state index in [0.717, 1.165) is 48.9 Å². The van der Waals surface area contributed by atoms with Gasteiger partial charge in [0.05, 0.1) is 30.2 Å². The normalized spacial score (nSPS) is 21.8. The van der Waals surface area contributed by atoms with Crippen molar-refractivity contribution in [2.45, 2.75) is 50.7 Å². The zero-order valence-corrected chi connectivity index (χ0v) is 14.8. The molecule has 1 fully saturated rings. The number of hydrogen-bond donors (Lipinski definition) is 1.